The molecule has 3 aromatic rings. The van der Waals surface area contributed by atoms with Gasteiger partial charge in [-0.05, 0) is 29.3 Å². The van der Waals surface area contributed by atoms with Crippen LogP contribution in [0, 0.1) is 0 Å². The standard InChI is InChI=1S/C15H15ClN4O3/c1-18-11-12(17-14(18)16)19(2)15(22)20(13(11)21)8-9-4-6-10(23-3)7-5-9/h4-7H,8H2,1-3H3. The minimum Gasteiger partial charge on any atom is -0.497 e. The topological polar surface area (TPSA) is 71.1 Å². The van der Waals surface area contributed by atoms with Gasteiger partial charge in [-0.3, -0.25) is 13.9 Å². The van der Waals surface area contributed by atoms with Crippen molar-refractivity contribution in [3.05, 3.63) is 56.0 Å². The molecule has 0 aliphatic rings. The van der Waals surface area contributed by atoms with Gasteiger partial charge in [0.2, 0.25) is 5.28 Å². The Morgan fingerprint density at radius 1 is 1.13 bits per heavy atom. The fourth-order valence-electron chi connectivity index (χ4n) is 2.47. The molecule has 0 aliphatic heterocycles. The summed E-state index contributed by atoms with van der Waals surface area (Å²) in [6, 6.07) is 7.19. The molecule has 8 heteroatoms. The van der Waals surface area contributed by atoms with Crippen molar-refractivity contribution < 1.29 is 4.74 Å². The predicted molar refractivity (Wildman–Crippen MR) is 87.3 cm³/mol. The molecule has 120 valence electrons. The Balaban J connectivity index is 2.19. The number of aromatic nitrogens is 4. The molecular formula is C15H15ClN4O3. The molecule has 0 radical (unpaired) electrons. The predicted octanol–water partition coefficient (Wildman–Crippen LogP) is 1.14. The minimum absolute atomic E-state index is 0.161. The molecule has 0 unspecified atom stereocenters. The van der Waals surface area contributed by atoms with Crippen molar-refractivity contribution in [3.63, 3.8) is 0 Å². The molecule has 7 nitrogen and oxygen atoms in total. The van der Waals surface area contributed by atoms with Gasteiger partial charge in [-0.15, -0.1) is 0 Å². The average molecular weight is 335 g/mol. The molecule has 0 bridgehead atoms. The Bertz CT molecular complexity index is 999. The highest BCUT2D eigenvalue weighted by Crippen LogP contribution is 2.14. The molecule has 2 heterocycles. The van der Waals surface area contributed by atoms with Crippen LogP contribution in [-0.2, 0) is 20.6 Å². The van der Waals surface area contributed by atoms with Crippen LogP contribution in [0.15, 0.2) is 33.9 Å². The number of nitrogens with zero attached hydrogens (tertiary/aromatic N) is 4. The normalized spacial score (nSPS) is 11.1. The van der Waals surface area contributed by atoms with E-state index < -0.39 is 11.2 Å². The molecule has 1 aromatic carbocycles. The van der Waals surface area contributed by atoms with Crippen LogP contribution in [0.5, 0.6) is 5.75 Å². The number of aryl methyl sites for hydroxylation is 2. The zero-order chi connectivity index (χ0) is 16.7. The van der Waals surface area contributed by atoms with Gasteiger partial charge in [-0.25, -0.2) is 4.79 Å². The molecule has 0 amide bonds. The van der Waals surface area contributed by atoms with Gasteiger partial charge in [-0.1, -0.05) is 12.1 Å². The van der Waals surface area contributed by atoms with Gasteiger partial charge in [-0.2, -0.15) is 4.98 Å². The number of hydrogen-bond donors (Lipinski definition) is 0. The minimum atomic E-state index is -0.437. The molecule has 0 atom stereocenters. The quantitative estimate of drug-likeness (QED) is 0.674. The Hall–Kier alpha value is -2.54. The van der Waals surface area contributed by atoms with Crippen molar-refractivity contribution in [1.29, 1.82) is 0 Å². The molecule has 0 N–H and O–H groups in total. The largest absolute Gasteiger partial charge is 0.497 e. The Kier molecular flexibility index (Phi) is 3.73. The summed E-state index contributed by atoms with van der Waals surface area (Å²) in [4.78, 5) is 29.2. The van der Waals surface area contributed by atoms with E-state index in [2.05, 4.69) is 4.98 Å². The van der Waals surface area contributed by atoms with Crippen molar-refractivity contribution in [2.75, 3.05) is 7.11 Å². The van der Waals surface area contributed by atoms with Gasteiger partial charge >= 0.3 is 5.69 Å². The Morgan fingerprint density at radius 3 is 2.39 bits per heavy atom. The number of hydrogen-bond acceptors (Lipinski definition) is 4. The van der Waals surface area contributed by atoms with Gasteiger partial charge in [0.15, 0.2) is 11.2 Å². The first kappa shape index (κ1) is 15.4. The fraction of sp³-hybridized carbons (Fsp3) is 0.267. The van der Waals surface area contributed by atoms with Gasteiger partial charge < -0.3 is 9.30 Å². The van der Waals surface area contributed by atoms with Crippen molar-refractivity contribution >= 4 is 22.8 Å². The van der Waals surface area contributed by atoms with Crippen LogP contribution in [0.4, 0.5) is 0 Å². The fourth-order valence-corrected chi connectivity index (χ4v) is 2.63. The van der Waals surface area contributed by atoms with Crippen LogP contribution in [0.3, 0.4) is 0 Å². The highest BCUT2D eigenvalue weighted by atomic mass is 35.5. The van der Waals surface area contributed by atoms with Crippen molar-refractivity contribution in [2.45, 2.75) is 6.54 Å². The van der Waals surface area contributed by atoms with Crippen LogP contribution >= 0.6 is 11.6 Å². The van der Waals surface area contributed by atoms with Crippen molar-refractivity contribution in [2.24, 2.45) is 14.1 Å². The second-order valence-electron chi connectivity index (χ2n) is 5.19. The van der Waals surface area contributed by atoms with Crippen molar-refractivity contribution in [3.8, 4) is 5.75 Å². The van der Waals surface area contributed by atoms with Gasteiger partial charge in [0.05, 0.1) is 13.7 Å². The van der Waals surface area contributed by atoms with E-state index in [1.165, 1.54) is 13.7 Å². The summed E-state index contributed by atoms with van der Waals surface area (Å²) in [5, 5.41) is 0.161. The van der Waals surface area contributed by atoms with Crippen LogP contribution < -0.4 is 16.0 Å². The molecule has 3 rings (SSSR count). The first-order valence-electron chi connectivity index (χ1n) is 6.88. The third kappa shape index (κ3) is 2.43. The summed E-state index contributed by atoms with van der Waals surface area (Å²) in [7, 11) is 4.79. The van der Waals surface area contributed by atoms with Crippen LogP contribution in [0.1, 0.15) is 5.56 Å². The number of benzene rings is 1. The third-order valence-corrected chi connectivity index (χ3v) is 4.14. The van der Waals surface area contributed by atoms with Gasteiger partial charge in [0.25, 0.3) is 5.56 Å². The maximum absolute atomic E-state index is 12.7. The van der Waals surface area contributed by atoms with E-state index in [9.17, 15) is 9.59 Å². The number of rotatable bonds is 3. The van der Waals surface area contributed by atoms with E-state index in [4.69, 9.17) is 16.3 Å². The molecule has 0 aliphatic carbocycles. The van der Waals surface area contributed by atoms with E-state index >= 15 is 0 Å². The average Bonchev–Trinajstić information content (AvgIpc) is 2.86. The SMILES string of the molecule is COc1ccc(Cn2c(=O)c3c(nc(Cl)n3C)n(C)c2=O)cc1. The van der Waals surface area contributed by atoms with Crippen LogP contribution in [0.25, 0.3) is 11.2 Å². The summed E-state index contributed by atoms with van der Waals surface area (Å²) >= 11 is 5.97. The molecule has 0 fully saturated rings. The zero-order valence-corrected chi connectivity index (χ0v) is 13.7. The molecule has 2 aromatic heterocycles. The summed E-state index contributed by atoms with van der Waals surface area (Å²) in [6.45, 7) is 0.161. The highest BCUT2D eigenvalue weighted by molar-refractivity contribution is 6.29. The Labute approximate surface area is 136 Å². The van der Waals surface area contributed by atoms with E-state index in [1.807, 2.05) is 12.1 Å². The number of imidazole rings is 1. The summed E-state index contributed by atoms with van der Waals surface area (Å²) < 4.78 is 9.07. The maximum atomic E-state index is 12.7. The van der Waals surface area contributed by atoms with Crippen LogP contribution in [0.2, 0.25) is 5.28 Å². The lowest BCUT2D eigenvalue weighted by atomic mass is 10.2. The number of ether oxygens (including phenoxy) is 1. The monoisotopic (exact) mass is 334 g/mol. The van der Waals surface area contributed by atoms with E-state index in [1.54, 1.807) is 33.3 Å². The lowest BCUT2D eigenvalue weighted by Gasteiger charge is -2.09. The second kappa shape index (κ2) is 5.58. The lowest BCUT2D eigenvalue weighted by molar-refractivity contribution is 0.414. The van der Waals surface area contributed by atoms with Gasteiger partial charge in [0.1, 0.15) is 5.75 Å². The van der Waals surface area contributed by atoms with E-state index in [0.29, 0.717) is 11.3 Å². The first-order chi connectivity index (χ1) is 10.9. The highest BCUT2D eigenvalue weighted by Gasteiger charge is 2.17. The molecule has 0 spiro atoms. The summed E-state index contributed by atoms with van der Waals surface area (Å²) in [5.41, 5.74) is 0.538. The van der Waals surface area contributed by atoms with Crippen molar-refractivity contribution in [1.82, 2.24) is 18.7 Å². The van der Waals surface area contributed by atoms with E-state index in [0.717, 1.165) is 5.56 Å². The lowest BCUT2D eigenvalue weighted by Crippen LogP contribution is -2.39. The maximum Gasteiger partial charge on any atom is 0.332 e. The van der Waals surface area contributed by atoms with Gasteiger partial charge in [0, 0.05) is 14.1 Å². The molecular weight excluding hydrogens is 320 g/mol. The number of methoxy groups -OCH3 is 1. The second-order valence-corrected chi connectivity index (χ2v) is 5.53. The molecule has 23 heavy (non-hydrogen) atoms. The number of fused-ring (bicyclic) bond motifs is 1. The summed E-state index contributed by atoms with van der Waals surface area (Å²) in [6.07, 6.45) is 0. The molecule has 0 saturated heterocycles. The zero-order valence-electron chi connectivity index (χ0n) is 12.9. The molecule has 0 saturated carbocycles. The smallest absolute Gasteiger partial charge is 0.332 e. The third-order valence-electron chi connectivity index (χ3n) is 3.81. The first-order valence-corrected chi connectivity index (χ1v) is 7.26. The number of halogens is 1. The van der Waals surface area contributed by atoms with E-state index in [-0.39, 0.29) is 17.5 Å². The summed E-state index contributed by atoms with van der Waals surface area (Å²) in [5.74, 6) is 0.711. The Morgan fingerprint density at radius 2 is 1.78 bits per heavy atom. The van der Waals surface area contributed by atoms with Crippen LogP contribution in [-0.4, -0.2) is 25.8 Å².